The first-order valence-electron chi connectivity index (χ1n) is 3.64. The molecule has 1 heterocycles. The predicted octanol–water partition coefficient (Wildman–Crippen LogP) is 2.70. The molecule has 0 saturated carbocycles. The van der Waals surface area contributed by atoms with Crippen LogP contribution in [0.25, 0.3) is 0 Å². The van der Waals surface area contributed by atoms with Crippen LogP contribution in [0, 0.1) is 10.1 Å². The Morgan fingerprint density at radius 1 is 1.67 bits per heavy atom. The highest BCUT2D eigenvalue weighted by Gasteiger charge is 2.27. The molecule has 0 aromatic carbocycles. The molecule has 0 amide bonds. The number of hydrogen-bond acceptors (Lipinski definition) is 4. The lowest BCUT2D eigenvalue weighted by molar-refractivity contribution is -0.390. The van der Waals surface area contributed by atoms with E-state index in [-0.39, 0.29) is 4.60 Å². The summed E-state index contributed by atoms with van der Waals surface area (Å²) in [6.45, 7) is 0. The standard InChI is InChI=1S/C7H5BrF2N2O3/c1-15-5-3(6(9)10)2-4(8)11-7(5)12(13)14/h2,6H,1H3. The number of methoxy groups -OCH3 is 1. The first-order chi connectivity index (χ1) is 6.97. The van der Waals surface area contributed by atoms with Gasteiger partial charge in [0.1, 0.15) is 0 Å². The van der Waals surface area contributed by atoms with Crippen molar-refractivity contribution in [3.8, 4) is 5.75 Å². The third-order valence-electron chi connectivity index (χ3n) is 1.56. The minimum atomic E-state index is -2.86. The van der Waals surface area contributed by atoms with E-state index in [1.807, 2.05) is 0 Å². The molecule has 0 aliphatic rings. The second kappa shape index (κ2) is 4.47. The highest BCUT2D eigenvalue weighted by molar-refractivity contribution is 9.10. The number of aromatic nitrogens is 1. The Morgan fingerprint density at radius 3 is 2.67 bits per heavy atom. The summed E-state index contributed by atoms with van der Waals surface area (Å²) in [4.78, 5) is 13.1. The van der Waals surface area contributed by atoms with E-state index >= 15 is 0 Å². The zero-order chi connectivity index (χ0) is 11.6. The fourth-order valence-corrected chi connectivity index (χ4v) is 1.42. The van der Waals surface area contributed by atoms with Gasteiger partial charge in [-0.05, 0) is 9.91 Å². The molecule has 0 spiro atoms. The molecule has 1 aromatic rings. The van der Waals surface area contributed by atoms with Crippen LogP contribution in [0.15, 0.2) is 10.7 Å². The van der Waals surface area contributed by atoms with E-state index in [0.717, 1.165) is 13.2 Å². The maximum absolute atomic E-state index is 12.5. The average Bonchev–Trinajstić information content (AvgIpc) is 2.16. The summed E-state index contributed by atoms with van der Waals surface area (Å²) in [6.07, 6.45) is -2.86. The van der Waals surface area contributed by atoms with Gasteiger partial charge in [-0.1, -0.05) is 0 Å². The number of ether oxygens (including phenoxy) is 1. The number of nitrogens with zero attached hydrogens (tertiary/aromatic N) is 2. The summed E-state index contributed by atoms with van der Waals surface area (Å²) in [5.41, 5.74) is -0.564. The van der Waals surface area contributed by atoms with Crippen LogP contribution in [0.2, 0.25) is 0 Å². The summed E-state index contributed by atoms with van der Waals surface area (Å²) in [5, 5.41) is 10.5. The molecule has 0 atom stereocenters. The van der Waals surface area contributed by atoms with E-state index in [4.69, 9.17) is 0 Å². The van der Waals surface area contributed by atoms with Crippen LogP contribution in [0.5, 0.6) is 5.75 Å². The Kier molecular flexibility index (Phi) is 3.51. The monoisotopic (exact) mass is 282 g/mol. The Labute approximate surface area is 91.3 Å². The number of alkyl halides is 2. The van der Waals surface area contributed by atoms with E-state index in [2.05, 4.69) is 25.7 Å². The molecule has 8 heteroatoms. The Bertz CT molecular complexity index is 400. The summed E-state index contributed by atoms with van der Waals surface area (Å²) < 4.78 is 29.5. The van der Waals surface area contributed by atoms with Gasteiger partial charge in [0.05, 0.1) is 12.7 Å². The second-order valence-corrected chi connectivity index (χ2v) is 3.26. The topological polar surface area (TPSA) is 65.3 Å². The average molecular weight is 283 g/mol. The van der Waals surface area contributed by atoms with Gasteiger partial charge in [0.25, 0.3) is 6.43 Å². The Hall–Kier alpha value is -1.31. The van der Waals surface area contributed by atoms with Gasteiger partial charge in [0, 0.05) is 22.0 Å². The lowest BCUT2D eigenvalue weighted by atomic mass is 10.2. The van der Waals surface area contributed by atoms with Gasteiger partial charge >= 0.3 is 5.82 Å². The summed E-state index contributed by atoms with van der Waals surface area (Å²) >= 11 is 2.81. The van der Waals surface area contributed by atoms with Crippen molar-refractivity contribution >= 4 is 21.7 Å². The molecule has 0 N–H and O–H groups in total. The summed E-state index contributed by atoms with van der Waals surface area (Å²) in [5.74, 6) is -1.25. The largest absolute Gasteiger partial charge is 0.489 e. The van der Waals surface area contributed by atoms with Gasteiger partial charge in [0.15, 0.2) is 0 Å². The van der Waals surface area contributed by atoms with E-state index in [1.165, 1.54) is 0 Å². The van der Waals surface area contributed by atoms with Crippen LogP contribution in [0.1, 0.15) is 12.0 Å². The van der Waals surface area contributed by atoms with E-state index in [1.54, 1.807) is 0 Å². The van der Waals surface area contributed by atoms with Crippen LogP contribution in [-0.2, 0) is 0 Å². The molecule has 0 aliphatic heterocycles. The van der Waals surface area contributed by atoms with Gasteiger partial charge in [-0.2, -0.15) is 0 Å². The molecule has 1 rings (SSSR count). The molecule has 1 aromatic heterocycles. The van der Waals surface area contributed by atoms with Crippen LogP contribution in [0.3, 0.4) is 0 Å². The van der Waals surface area contributed by atoms with Gasteiger partial charge in [-0.15, -0.1) is 0 Å². The maximum atomic E-state index is 12.5. The maximum Gasteiger partial charge on any atom is 0.407 e. The molecule has 0 saturated heterocycles. The van der Waals surface area contributed by atoms with Crippen LogP contribution in [0.4, 0.5) is 14.6 Å². The number of rotatable bonds is 3. The quantitative estimate of drug-likeness (QED) is 0.486. The minimum absolute atomic E-state index is 0.0368. The van der Waals surface area contributed by atoms with Crippen molar-refractivity contribution in [1.29, 1.82) is 0 Å². The molecule has 82 valence electrons. The molecule has 0 radical (unpaired) electrons. The van der Waals surface area contributed by atoms with Gasteiger partial charge in [-0.3, -0.25) is 0 Å². The molecule has 0 fully saturated rings. The SMILES string of the molecule is COc1c(C(F)F)cc(Br)nc1[N+](=O)[O-]. The normalized spacial score (nSPS) is 10.5. The molecule has 0 unspecified atom stereocenters. The minimum Gasteiger partial charge on any atom is -0.489 e. The van der Waals surface area contributed by atoms with Crippen molar-refractivity contribution in [1.82, 2.24) is 4.98 Å². The highest BCUT2D eigenvalue weighted by atomic mass is 79.9. The lowest BCUT2D eigenvalue weighted by Gasteiger charge is -2.06. The fourth-order valence-electron chi connectivity index (χ4n) is 1.00. The number of halogens is 3. The summed E-state index contributed by atoms with van der Waals surface area (Å²) in [6, 6.07) is 0.983. The van der Waals surface area contributed by atoms with Crippen molar-refractivity contribution in [2.45, 2.75) is 6.43 Å². The molecule has 5 nitrogen and oxygen atoms in total. The smallest absolute Gasteiger partial charge is 0.407 e. The van der Waals surface area contributed by atoms with Crippen molar-refractivity contribution in [2.24, 2.45) is 0 Å². The van der Waals surface area contributed by atoms with Crippen LogP contribution < -0.4 is 4.74 Å². The number of hydrogen-bond donors (Lipinski definition) is 0. The van der Waals surface area contributed by atoms with Crippen molar-refractivity contribution < 1.29 is 18.4 Å². The molecular weight excluding hydrogens is 278 g/mol. The molecular formula is C7H5BrF2N2O3. The van der Waals surface area contributed by atoms with Gasteiger partial charge in [0.2, 0.25) is 10.4 Å². The second-order valence-electron chi connectivity index (χ2n) is 2.45. The van der Waals surface area contributed by atoms with Gasteiger partial charge in [-0.25, -0.2) is 8.78 Å². The zero-order valence-electron chi connectivity index (χ0n) is 7.41. The first-order valence-corrected chi connectivity index (χ1v) is 4.43. The van der Waals surface area contributed by atoms with Gasteiger partial charge < -0.3 is 14.9 Å². The first kappa shape index (κ1) is 11.8. The third kappa shape index (κ3) is 2.38. The molecule has 15 heavy (non-hydrogen) atoms. The number of nitro groups is 1. The van der Waals surface area contributed by atoms with Crippen molar-refractivity contribution in [2.75, 3.05) is 7.11 Å². The van der Waals surface area contributed by atoms with E-state index in [0.29, 0.717) is 0 Å². The predicted molar refractivity (Wildman–Crippen MR) is 50.1 cm³/mol. The van der Waals surface area contributed by atoms with Crippen molar-refractivity contribution in [3.05, 3.63) is 26.3 Å². The fraction of sp³-hybridized carbons (Fsp3) is 0.286. The number of pyridine rings is 1. The lowest BCUT2D eigenvalue weighted by Crippen LogP contribution is -2.01. The van der Waals surface area contributed by atoms with E-state index < -0.39 is 28.5 Å². The Balaban J connectivity index is 3.45. The Morgan fingerprint density at radius 2 is 2.27 bits per heavy atom. The van der Waals surface area contributed by atoms with E-state index in [9.17, 15) is 18.9 Å². The van der Waals surface area contributed by atoms with Crippen molar-refractivity contribution in [3.63, 3.8) is 0 Å². The third-order valence-corrected chi connectivity index (χ3v) is 1.97. The van der Waals surface area contributed by atoms with Crippen LogP contribution in [-0.4, -0.2) is 17.0 Å². The highest BCUT2D eigenvalue weighted by Crippen LogP contribution is 2.36. The van der Waals surface area contributed by atoms with Crippen LogP contribution >= 0.6 is 15.9 Å². The molecule has 0 aliphatic carbocycles. The zero-order valence-corrected chi connectivity index (χ0v) is 8.99. The summed E-state index contributed by atoms with van der Waals surface area (Å²) in [7, 11) is 1.07. The molecule has 0 bridgehead atoms.